The van der Waals surface area contributed by atoms with Crippen molar-refractivity contribution in [3.05, 3.63) is 36.3 Å². The van der Waals surface area contributed by atoms with Gasteiger partial charge in [0.15, 0.2) is 0 Å². The van der Waals surface area contributed by atoms with Gasteiger partial charge in [0.25, 0.3) is 0 Å². The molecular weight excluding hydrogens is 186 g/mol. The number of aromatic nitrogens is 1. The Morgan fingerprint density at radius 1 is 1.53 bits per heavy atom. The predicted molar refractivity (Wildman–Crippen MR) is 63.0 cm³/mol. The van der Waals surface area contributed by atoms with Crippen LogP contribution in [0, 0.1) is 11.8 Å². The van der Waals surface area contributed by atoms with Crippen LogP contribution >= 0.6 is 0 Å². The van der Waals surface area contributed by atoms with Crippen molar-refractivity contribution in [2.24, 2.45) is 0 Å². The first-order chi connectivity index (χ1) is 7.22. The molecule has 0 bridgehead atoms. The second kappa shape index (κ2) is 5.71. The average molecular weight is 201 g/mol. The Bertz CT molecular complexity index is 382. The van der Waals surface area contributed by atoms with Gasteiger partial charge in [-0.15, -0.1) is 0 Å². The minimum absolute atomic E-state index is 0.659. The summed E-state index contributed by atoms with van der Waals surface area (Å²) in [6.07, 6.45) is 5.56. The molecule has 0 radical (unpaired) electrons. The van der Waals surface area contributed by atoms with E-state index in [0.717, 1.165) is 5.69 Å². The lowest BCUT2D eigenvalue weighted by atomic mass is 10.3. The first-order valence-corrected chi connectivity index (χ1v) is 4.76. The van der Waals surface area contributed by atoms with Gasteiger partial charge in [-0.3, -0.25) is 0 Å². The Labute approximate surface area is 90.6 Å². The first-order valence-electron chi connectivity index (χ1n) is 4.76. The number of rotatable bonds is 2. The number of nitrogens with zero attached hydrogens (tertiary/aromatic N) is 2. The summed E-state index contributed by atoms with van der Waals surface area (Å²) in [7, 11) is 1.98. The molecule has 78 valence electrons. The molecule has 0 aliphatic carbocycles. The molecular formula is C12H15N3. The van der Waals surface area contributed by atoms with Gasteiger partial charge in [-0.2, -0.15) is 0 Å². The lowest BCUT2D eigenvalue weighted by Gasteiger charge is -2.07. The topological polar surface area (TPSA) is 42.1 Å². The highest BCUT2D eigenvalue weighted by Crippen LogP contribution is 1.98. The maximum absolute atomic E-state index is 5.52. The number of nitrogen functional groups attached to an aromatic ring is 1. The van der Waals surface area contributed by atoms with Crippen LogP contribution in [0.2, 0.25) is 0 Å². The van der Waals surface area contributed by atoms with Crippen LogP contribution < -0.4 is 5.73 Å². The molecule has 0 aliphatic rings. The van der Waals surface area contributed by atoms with Crippen LogP contribution in [0.4, 0.5) is 5.69 Å². The van der Waals surface area contributed by atoms with Crippen LogP contribution in [-0.4, -0.2) is 23.5 Å². The van der Waals surface area contributed by atoms with Gasteiger partial charge in [0.1, 0.15) is 5.69 Å². The Kier molecular flexibility index (Phi) is 4.24. The number of hydrogen-bond acceptors (Lipinski definition) is 3. The van der Waals surface area contributed by atoms with E-state index < -0.39 is 0 Å². The van der Waals surface area contributed by atoms with Gasteiger partial charge in [-0.1, -0.05) is 12.0 Å². The molecule has 0 spiro atoms. The van der Waals surface area contributed by atoms with E-state index in [0.29, 0.717) is 12.2 Å². The van der Waals surface area contributed by atoms with Crippen molar-refractivity contribution in [2.75, 3.05) is 19.3 Å². The van der Waals surface area contributed by atoms with Crippen molar-refractivity contribution in [2.45, 2.75) is 6.92 Å². The molecule has 1 aromatic heterocycles. The van der Waals surface area contributed by atoms with Gasteiger partial charge in [0, 0.05) is 7.05 Å². The van der Waals surface area contributed by atoms with Gasteiger partial charge >= 0.3 is 0 Å². The SMILES string of the molecule is C/C=C\N(C)CC#Cc1ccc(N)cn1. The van der Waals surface area contributed by atoms with Crippen LogP contribution in [0.5, 0.6) is 0 Å². The Morgan fingerprint density at radius 2 is 2.33 bits per heavy atom. The van der Waals surface area contributed by atoms with Crippen molar-refractivity contribution in [1.29, 1.82) is 0 Å². The highest BCUT2D eigenvalue weighted by Gasteiger charge is 1.88. The third-order valence-electron chi connectivity index (χ3n) is 1.73. The first kappa shape index (κ1) is 11.1. The fraction of sp³-hybridized carbons (Fsp3) is 0.250. The smallest absolute Gasteiger partial charge is 0.113 e. The molecule has 1 rings (SSSR count). The number of nitrogens with two attached hydrogens (primary N) is 1. The summed E-state index contributed by atoms with van der Waals surface area (Å²) in [5.41, 5.74) is 6.92. The maximum atomic E-state index is 5.52. The van der Waals surface area contributed by atoms with Crippen molar-refractivity contribution in [1.82, 2.24) is 9.88 Å². The zero-order chi connectivity index (χ0) is 11.1. The molecule has 1 aromatic rings. The molecule has 0 unspecified atom stereocenters. The van der Waals surface area contributed by atoms with Crippen LogP contribution in [0.1, 0.15) is 12.6 Å². The summed E-state index contributed by atoms with van der Waals surface area (Å²) in [6.45, 7) is 2.67. The molecule has 3 nitrogen and oxygen atoms in total. The lowest BCUT2D eigenvalue weighted by molar-refractivity contribution is 0.517. The van der Waals surface area contributed by atoms with E-state index >= 15 is 0 Å². The van der Waals surface area contributed by atoms with E-state index in [1.807, 2.05) is 37.2 Å². The van der Waals surface area contributed by atoms with E-state index in [1.54, 1.807) is 12.3 Å². The molecule has 3 heteroatoms. The second-order valence-electron chi connectivity index (χ2n) is 3.18. The molecule has 0 aliphatic heterocycles. The highest BCUT2D eigenvalue weighted by molar-refractivity contribution is 5.39. The van der Waals surface area contributed by atoms with E-state index in [1.165, 1.54) is 0 Å². The van der Waals surface area contributed by atoms with Gasteiger partial charge in [-0.05, 0) is 31.2 Å². The van der Waals surface area contributed by atoms with Crippen LogP contribution in [-0.2, 0) is 0 Å². The van der Waals surface area contributed by atoms with Crippen molar-refractivity contribution < 1.29 is 0 Å². The largest absolute Gasteiger partial charge is 0.397 e. The maximum Gasteiger partial charge on any atom is 0.113 e. The molecule has 0 fully saturated rings. The van der Waals surface area contributed by atoms with Gasteiger partial charge in [0.05, 0.1) is 18.4 Å². The predicted octanol–water partition coefficient (Wildman–Crippen LogP) is 1.48. The summed E-state index contributed by atoms with van der Waals surface area (Å²) in [5, 5.41) is 0. The summed E-state index contributed by atoms with van der Waals surface area (Å²) in [5.74, 6) is 6.00. The normalized spacial score (nSPS) is 9.73. The molecule has 0 aromatic carbocycles. The van der Waals surface area contributed by atoms with Crippen LogP contribution in [0.3, 0.4) is 0 Å². The standard InChI is InChI=1S/C12H15N3/c1-3-8-15(2)9-4-5-12-7-6-11(13)10-14-12/h3,6-8,10H,9,13H2,1-2H3/b8-3-. The van der Waals surface area contributed by atoms with Crippen molar-refractivity contribution in [3.8, 4) is 11.8 Å². The molecule has 0 saturated carbocycles. The number of pyridine rings is 1. The fourth-order valence-electron chi connectivity index (χ4n) is 1.04. The van der Waals surface area contributed by atoms with E-state index in [4.69, 9.17) is 5.73 Å². The Balaban J connectivity index is 2.55. The summed E-state index contributed by atoms with van der Waals surface area (Å²) in [4.78, 5) is 6.09. The van der Waals surface area contributed by atoms with Gasteiger partial charge in [-0.25, -0.2) is 4.98 Å². The fourth-order valence-corrected chi connectivity index (χ4v) is 1.04. The van der Waals surface area contributed by atoms with Gasteiger partial charge in [0.2, 0.25) is 0 Å². The molecule has 0 saturated heterocycles. The Morgan fingerprint density at radius 3 is 2.93 bits per heavy atom. The number of hydrogen-bond donors (Lipinski definition) is 1. The highest BCUT2D eigenvalue weighted by atomic mass is 15.1. The van der Waals surface area contributed by atoms with Crippen molar-refractivity contribution >= 4 is 5.69 Å². The summed E-state index contributed by atoms with van der Waals surface area (Å²) in [6, 6.07) is 3.62. The zero-order valence-electron chi connectivity index (χ0n) is 9.07. The van der Waals surface area contributed by atoms with Gasteiger partial charge < -0.3 is 10.6 Å². The Hall–Kier alpha value is -1.95. The summed E-state index contributed by atoms with van der Waals surface area (Å²) < 4.78 is 0. The van der Waals surface area contributed by atoms with E-state index in [9.17, 15) is 0 Å². The van der Waals surface area contributed by atoms with Crippen LogP contribution in [0.15, 0.2) is 30.6 Å². The summed E-state index contributed by atoms with van der Waals surface area (Å²) >= 11 is 0. The zero-order valence-corrected chi connectivity index (χ0v) is 9.07. The third kappa shape index (κ3) is 4.19. The average Bonchev–Trinajstić information content (AvgIpc) is 2.21. The monoisotopic (exact) mass is 201 g/mol. The van der Waals surface area contributed by atoms with E-state index in [2.05, 4.69) is 16.8 Å². The second-order valence-corrected chi connectivity index (χ2v) is 3.18. The lowest BCUT2D eigenvalue weighted by Crippen LogP contribution is -2.09. The molecule has 0 amide bonds. The molecule has 15 heavy (non-hydrogen) atoms. The molecule has 1 heterocycles. The minimum atomic E-state index is 0.659. The molecule has 2 N–H and O–H groups in total. The molecule has 0 atom stereocenters. The minimum Gasteiger partial charge on any atom is -0.397 e. The quantitative estimate of drug-likeness (QED) is 0.737. The van der Waals surface area contributed by atoms with Crippen LogP contribution in [0.25, 0.3) is 0 Å². The van der Waals surface area contributed by atoms with E-state index in [-0.39, 0.29) is 0 Å². The third-order valence-corrected chi connectivity index (χ3v) is 1.73. The number of allylic oxidation sites excluding steroid dienone is 1. The van der Waals surface area contributed by atoms with Crippen molar-refractivity contribution in [3.63, 3.8) is 0 Å². The number of anilines is 1.